The average molecular weight is 333 g/mol. The second kappa shape index (κ2) is 6.37. The monoisotopic (exact) mass is 333 g/mol. The summed E-state index contributed by atoms with van der Waals surface area (Å²) in [5.74, 6) is -0.0356. The van der Waals surface area contributed by atoms with E-state index in [1.165, 1.54) is 4.88 Å². The molecule has 0 atom stereocenters. The fraction of sp³-hybridized carbons (Fsp3) is 0.105. The molecule has 0 unspecified atom stereocenters. The first-order valence-electron chi connectivity index (χ1n) is 7.75. The van der Waals surface area contributed by atoms with Gasteiger partial charge in [-0.05, 0) is 48.6 Å². The van der Waals surface area contributed by atoms with Gasteiger partial charge in [-0.3, -0.25) is 9.78 Å². The molecule has 5 heteroatoms. The molecule has 4 heterocycles. The Kier molecular flexibility index (Phi) is 3.92. The van der Waals surface area contributed by atoms with E-state index in [4.69, 9.17) is 0 Å². The number of ketones is 1. The molecule has 0 bridgehead atoms. The number of pyridine rings is 2. The van der Waals surface area contributed by atoms with Crippen molar-refractivity contribution in [1.82, 2.24) is 15.0 Å². The van der Waals surface area contributed by atoms with Crippen molar-refractivity contribution in [3.05, 3.63) is 82.1 Å². The Bertz CT molecular complexity index is 971. The highest BCUT2D eigenvalue weighted by atomic mass is 32.1. The Morgan fingerprint density at radius 2 is 2.04 bits per heavy atom. The van der Waals surface area contributed by atoms with Crippen molar-refractivity contribution < 1.29 is 4.79 Å². The lowest BCUT2D eigenvalue weighted by Gasteiger charge is -2.02. The summed E-state index contributed by atoms with van der Waals surface area (Å²) in [5, 5.41) is 2.92. The van der Waals surface area contributed by atoms with Crippen molar-refractivity contribution >= 4 is 28.2 Å². The SMILES string of the molecule is O=C(c1ccc(CCc2cccs2)nc1)c1c[nH]c2ncccc12. The molecule has 0 aliphatic rings. The predicted octanol–water partition coefficient (Wildman–Crippen LogP) is 4.04. The number of carbonyl (C=O) groups is 1. The summed E-state index contributed by atoms with van der Waals surface area (Å²) >= 11 is 1.76. The molecule has 0 aromatic carbocycles. The molecule has 0 fully saturated rings. The maximum atomic E-state index is 12.7. The van der Waals surface area contributed by atoms with Crippen molar-refractivity contribution in [2.24, 2.45) is 0 Å². The van der Waals surface area contributed by atoms with E-state index in [9.17, 15) is 4.79 Å². The Morgan fingerprint density at radius 1 is 1.08 bits per heavy atom. The third-order valence-corrected chi connectivity index (χ3v) is 4.93. The zero-order valence-electron chi connectivity index (χ0n) is 12.9. The first-order chi connectivity index (χ1) is 11.8. The minimum Gasteiger partial charge on any atom is -0.345 e. The highest BCUT2D eigenvalue weighted by Gasteiger charge is 2.14. The van der Waals surface area contributed by atoms with Crippen molar-refractivity contribution in [3.8, 4) is 0 Å². The second-order valence-corrected chi connectivity index (χ2v) is 6.58. The van der Waals surface area contributed by atoms with Crippen molar-refractivity contribution in [3.63, 3.8) is 0 Å². The molecule has 0 aliphatic heterocycles. The van der Waals surface area contributed by atoms with E-state index in [1.807, 2.05) is 24.3 Å². The van der Waals surface area contributed by atoms with E-state index in [2.05, 4.69) is 32.5 Å². The van der Waals surface area contributed by atoms with Crippen molar-refractivity contribution in [2.45, 2.75) is 12.8 Å². The lowest BCUT2D eigenvalue weighted by molar-refractivity contribution is 0.104. The van der Waals surface area contributed by atoms with E-state index in [-0.39, 0.29) is 5.78 Å². The minimum absolute atomic E-state index is 0.0356. The number of aryl methyl sites for hydroxylation is 2. The van der Waals surface area contributed by atoms with E-state index in [0.29, 0.717) is 11.1 Å². The number of nitrogens with one attached hydrogen (secondary N) is 1. The van der Waals surface area contributed by atoms with Crippen LogP contribution >= 0.6 is 11.3 Å². The summed E-state index contributed by atoms with van der Waals surface area (Å²) in [6.07, 6.45) is 6.95. The number of hydrogen-bond donors (Lipinski definition) is 1. The number of aromatic nitrogens is 3. The van der Waals surface area contributed by atoms with Crippen LogP contribution < -0.4 is 0 Å². The Hall–Kier alpha value is -2.79. The van der Waals surface area contributed by atoms with Crippen LogP contribution in [0.15, 0.2) is 60.4 Å². The van der Waals surface area contributed by atoms with Crippen LogP contribution in [0.25, 0.3) is 11.0 Å². The molecule has 4 aromatic rings. The Morgan fingerprint density at radius 3 is 2.83 bits per heavy atom. The van der Waals surface area contributed by atoms with Gasteiger partial charge in [0, 0.05) is 45.7 Å². The van der Waals surface area contributed by atoms with Crippen LogP contribution in [0.1, 0.15) is 26.5 Å². The third-order valence-electron chi connectivity index (χ3n) is 3.99. The summed E-state index contributed by atoms with van der Waals surface area (Å²) in [7, 11) is 0. The molecule has 118 valence electrons. The van der Waals surface area contributed by atoms with Crippen molar-refractivity contribution in [2.75, 3.05) is 0 Å². The van der Waals surface area contributed by atoms with Crippen LogP contribution in [0, 0.1) is 0 Å². The molecule has 0 spiro atoms. The van der Waals surface area contributed by atoms with Gasteiger partial charge in [0.25, 0.3) is 0 Å². The number of nitrogens with zero attached hydrogens (tertiary/aromatic N) is 2. The van der Waals surface area contributed by atoms with E-state index in [1.54, 1.807) is 29.9 Å². The number of carbonyl (C=O) groups excluding carboxylic acids is 1. The molecule has 0 radical (unpaired) electrons. The summed E-state index contributed by atoms with van der Waals surface area (Å²) < 4.78 is 0. The molecule has 24 heavy (non-hydrogen) atoms. The van der Waals surface area contributed by atoms with Gasteiger partial charge >= 0.3 is 0 Å². The number of thiophene rings is 1. The van der Waals surface area contributed by atoms with Gasteiger partial charge in [0.05, 0.1) is 0 Å². The summed E-state index contributed by atoms with van der Waals surface area (Å²) in [6.45, 7) is 0. The van der Waals surface area contributed by atoms with E-state index >= 15 is 0 Å². The molecule has 0 saturated carbocycles. The maximum absolute atomic E-state index is 12.7. The molecular weight excluding hydrogens is 318 g/mol. The molecule has 4 aromatic heterocycles. The van der Waals surface area contributed by atoms with Gasteiger partial charge in [-0.25, -0.2) is 4.98 Å². The van der Waals surface area contributed by atoms with Crippen molar-refractivity contribution in [1.29, 1.82) is 0 Å². The fourth-order valence-corrected chi connectivity index (χ4v) is 3.42. The normalized spacial score (nSPS) is 11.0. The number of fused-ring (bicyclic) bond motifs is 1. The lowest BCUT2D eigenvalue weighted by Crippen LogP contribution is -2.02. The zero-order chi connectivity index (χ0) is 16.4. The summed E-state index contributed by atoms with van der Waals surface area (Å²) in [5.41, 5.74) is 2.95. The maximum Gasteiger partial charge on any atom is 0.196 e. The third kappa shape index (κ3) is 2.86. The number of hydrogen-bond acceptors (Lipinski definition) is 4. The Labute approximate surface area is 143 Å². The minimum atomic E-state index is -0.0356. The second-order valence-electron chi connectivity index (χ2n) is 5.55. The highest BCUT2D eigenvalue weighted by Crippen LogP contribution is 2.19. The first kappa shape index (κ1) is 14.8. The highest BCUT2D eigenvalue weighted by molar-refractivity contribution is 7.09. The predicted molar refractivity (Wildman–Crippen MR) is 95.5 cm³/mol. The van der Waals surface area contributed by atoms with Gasteiger partial charge in [0.1, 0.15) is 5.65 Å². The molecule has 0 aliphatic carbocycles. The quantitative estimate of drug-likeness (QED) is 0.561. The van der Waals surface area contributed by atoms with Crippen LogP contribution in [0.2, 0.25) is 0 Å². The number of H-pyrrole nitrogens is 1. The molecule has 0 amide bonds. The standard InChI is InChI=1S/C19H15N3OS/c23-18(17-12-22-19-16(17)4-1-9-20-19)13-5-6-14(21-11-13)7-8-15-3-2-10-24-15/h1-6,9-12H,7-8H2,(H,20,22). The topological polar surface area (TPSA) is 58.6 Å². The molecule has 1 N–H and O–H groups in total. The summed E-state index contributed by atoms with van der Waals surface area (Å²) in [4.78, 5) is 25.7. The number of aromatic amines is 1. The zero-order valence-corrected chi connectivity index (χ0v) is 13.7. The Balaban J connectivity index is 1.53. The summed E-state index contributed by atoms with van der Waals surface area (Å²) in [6, 6.07) is 11.7. The molecule has 4 nitrogen and oxygen atoms in total. The first-order valence-corrected chi connectivity index (χ1v) is 8.63. The molecule has 4 rings (SSSR count). The van der Waals surface area contributed by atoms with Gasteiger partial charge in [0.15, 0.2) is 5.78 Å². The number of rotatable bonds is 5. The van der Waals surface area contributed by atoms with E-state index in [0.717, 1.165) is 29.6 Å². The smallest absolute Gasteiger partial charge is 0.196 e. The fourth-order valence-electron chi connectivity index (χ4n) is 2.71. The van der Waals surface area contributed by atoms with Gasteiger partial charge in [-0.15, -0.1) is 11.3 Å². The van der Waals surface area contributed by atoms with Crippen LogP contribution in [0.3, 0.4) is 0 Å². The van der Waals surface area contributed by atoms with Crippen LogP contribution in [0.5, 0.6) is 0 Å². The van der Waals surface area contributed by atoms with Gasteiger partial charge in [-0.1, -0.05) is 6.07 Å². The van der Waals surface area contributed by atoms with E-state index < -0.39 is 0 Å². The van der Waals surface area contributed by atoms with Crippen LogP contribution in [0.4, 0.5) is 0 Å². The van der Waals surface area contributed by atoms with Gasteiger partial charge in [0.2, 0.25) is 0 Å². The molecule has 0 saturated heterocycles. The van der Waals surface area contributed by atoms with Gasteiger partial charge in [-0.2, -0.15) is 0 Å². The van der Waals surface area contributed by atoms with Gasteiger partial charge < -0.3 is 4.98 Å². The lowest BCUT2D eigenvalue weighted by atomic mass is 10.0. The largest absolute Gasteiger partial charge is 0.345 e. The van der Waals surface area contributed by atoms with Crippen LogP contribution in [-0.2, 0) is 12.8 Å². The molecular formula is C19H15N3OS. The van der Waals surface area contributed by atoms with Crippen LogP contribution in [-0.4, -0.2) is 20.7 Å². The average Bonchev–Trinajstić information content (AvgIpc) is 3.29.